The highest BCUT2D eigenvalue weighted by molar-refractivity contribution is 5.76. The first-order valence-electron chi connectivity index (χ1n) is 9.33. The summed E-state index contributed by atoms with van der Waals surface area (Å²) in [5, 5.41) is 0.473. The summed E-state index contributed by atoms with van der Waals surface area (Å²) in [6.45, 7) is 4.29. The minimum Gasteiger partial charge on any atom is -0.426 e. The Balaban J connectivity index is 1.52. The second-order valence-electron chi connectivity index (χ2n) is 7.02. The zero-order valence-corrected chi connectivity index (χ0v) is 16.5. The Morgan fingerprint density at radius 2 is 1.83 bits per heavy atom. The fourth-order valence-electron chi connectivity index (χ4n) is 2.94. The minimum atomic E-state index is -0.264. The SMILES string of the molecule is CC(C)c1ccc(N(C)c2ccc(Oc3nc4cnccc4c(=O)[nH]3)cc2)nc1. The van der Waals surface area contributed by atoms with Crippen LogP contribution < -0.4 is 15.2 Å². The molecule has 0 aliphatic heterocycles. The Morgan fingerprint density at radius 3 is 2.52 bits per heavy atom. The fourth-order valence-corrected chi connectivity index (χ4v) is 2.94. The van der Waals surface area contributed by atoms with Crippen LogP contribution in [0.5, 0.6) is 11.8 Å². The largest absolute Gasteiger partial charge is 0.426 e. The summed E-state index contributed by atoms with van der Waals surface area (Å²) in [6.07, 6.45) is 5.00. The van der Waals surface area contributed by atoms with Crippen LogP contribution in [0.1, 0.15) is 25.3 Å². The van der Waals surface area contributed by atoms with Crippen molar-refractivity contribution in [3.63, 3.8) is 0 Å². The highest BCUT2D eigenvalue weighted by Crippen LogP contribution is 2.26. The molecular formula is C22H21N5O2. The van der Waals surface area contributed by atoms with E-state index in [2.05, 4.69) is 39.8 Å². The van der Waals surface area contributed by atoms with E-state index < -0.39 is 0 Å². The van der Waals surface area contributed by atoms with Crippen molar-refractivity contribution in [2.24, 2.45) is 0 Å². The van der Waals surface area contributed by atoms with Gasteiger partial charge in [-0.15, -0.1) is 0 Å². The molecule has 7 heteroatoms. The monoisotopic (exact) mass is 387 g/mol. The number of fused-ring (bicyclic) bond motifs is 1. The molecule has 0 unspecified atom stereocenters. The Hall–Kier alpha value is -3.74. The van der Waals surface area contributed by atoms with Gasteiger partial charge in [0, 0.05) is 25.1 Å². The van der Waals surface area contributed by atoms with Crippen molar-refractivity contribution in [1.29, 1.82) is 0 Å². The average molecular weight is 387 g/mol. The number of anilines is 2. The Kier molecular flexibility index (Phi) is 4.95. The Morgan fingerprint density at radius 1 is 1.03 bits per heavy atom. The van der Waals surface area contributed by atoms with Crippen LogP contribution in [-0.2, 0) is 0 Å². The van der Waals surface area contributed by atoms with Gasteiger partial charge < -0.3 is 9.64 Å². The molecule has 0 amide bonds. The number of benzene rings is 1. The third-order valence-electron chi connectivity index (χ3n) is 4.71. The van der Waals surface area contributed by atoms with Crippen molar-refractivity contribution in [2.75, 3.05) is 11.9 Å². The van der Waals surface area contributed by atoms with Crippen molar-refractivity contribution < 1.29 is 4.74 Å². The molecule has 0 saturated carbocycles. The average Bonchev–Trinajstić information content (AvgIpc) is 2.74. The highest BCUT2D eigenvalue weighted by atomic mass is 16.5. The lowest BCUT2D eigenvalue weighted by Gasteiger charge is -2.19. The molecule has 0 aliphatic rings. The van der Waals surface area contributed by atoms with Crippen LogP contribution >= 0.6 is 0 Å². The van der Waals surface area contributed by atoms with Crippen molar-refractivity contribution in [3.05, 3.63) is 77.0 Å². The van der Waals surface area contributed by atoms with Crippen LogP contribution in [0.15, 0.2) is 65.8 Å². The number of aromatic amines is 1. The van der Waals surface area contributed by atoms with Gasteiger partial charge in [-0.05, 0) is 47.9 Å². The van der Waals surface area contributed by atoms with Gasteiger partial charge in [0.25, 0.3) is 5.56 Å². The molecule has 7 nitrogen and oxygen atoms in total. The van der Waals surface area contributed by atoms with Gasteiger partial charge in [0.05, 0.1) is 17.1 Å². The molecule has 0 fully saturated rings. The first kappa shape index (κ1) is 18.6. The van der Waals surface area contributed by atoms with E-state index in [-0.39, 0.29) is 11.6 Å². The van der Waals surface area contributed by atoms with Crippen LogP contribution in [0.3, 0.4) is 0 Å². The van der Waals surface area contributed by atoms with Crippen molar-refractivity contribution in [1.82, 2.24) is 19.9 Å². The molecule has 0 radical (unpaired) electrons. The summed E-state index contributed by atoms with van der Waals surface area (Å²) in [4.78, 5) is 29.6. The summed E-state index contributed by atoms with van der Waals surface area (Å²) < 4.78 is 5.72. The number of nitrogens with one attached hydrogen (secondary N) is 1. The molecule has 0 spiro atoms. The summed E-state index contributed by atoms with van der Waals surface area (Å²) in [5.41, 5.74) is 2.39. The van der Waals surface area contributed by atoms with Crippen LogP contribution in [0.4, 0.5) is 11.5 Å². The topological polar surface area (TPSA) is 84.0 Å². The third kappa shape index (κ3) is 3.94. The summed E-state index contributed by atoms with van der Waals surface area (Å²) in [5.74, 6) is 1.87. The van der Waals surface area contributed by atoms with Gasteiger partial charge in [-0.25, -0.2) is 4.98 Å². The van der Waals surface area contributed by atoms with Gasteiger partial charge in [-0.1, -0.05) is 19.9 Å². The second kappa shape index (κ2) is 7.71. The number of rotatable bonds is 5. The Bertz CT molecular complexity index is 1180. The fraction of sp³-hybridized carbons (Fsp3) is 0.182. The van der Waals surface area contributed by atoms with E-state index in [1.165, 1.54) is 11.8 Å². The standard InChI is InChI=1S/C22H21N5O2/c1-14(2)15-4-9-20(24-12-15)27(3)16-5-7-17(8-6-16)29-22-25-19-13-23-11-10-18(19)21(28)26-22/h4-14H,1-3H3,(H,25,26,28). The highest BCUT2D eigenvalue weighted by Gasteiger charge is 2.09. The number of ether oxygens (including phenoxy) is 1. The van der Waals surface area contributed by atoms with E-state index in [4.69, 9.17) is 4.74 Å². The van der Waals surface area contributed by atoms with Crippen molar-refractivity contribution >= 4 is 22.4 Å². The van der Waals surface area contributed by atoms with Crippen molar-refractivity contribution in [2.45, 2.75) is 19.8 Å². The summed E-state index contributed by atoms with van der Waals surface area (Å²) >= 11 is 0. The predicted molar refractivity (Wildman–Crippen MR) is 113 cm³/mol. The molecule has 29 heavy (non-hydrogen) atoms. The molecule has 3 aromatic heterocycles. The summed E-state index contributed by atoms with van der Waals surface area (Å²) in [6, 6.07) is 13.3. The normalized spacial score (nSPS) is 11.0. The molecule has 4 rings (SSSR count). The van der Waals surface area contributed by atoms with E-state index in [9.17, 15) is 4.79 Å². The van der Waals surface area contributed by atoms with E-state index >= 15 is 0 Å². The maximum atomic E-state index is 12.1. The second-order valence-corrected chi connectivity index (χ2v) is 7.02. The maximum Gasteiger partial charge on any atom is 0.302 e. The number of pyridine rings is 2. The number of hydrogen-bond donors (Lipinski definition) is 1. The zero-order chi connectivity index (χ0) is 20.4. The number of hydrogen-bond acceptors (Lipinski definition) is 6. The molecule has 146 valence electrons. The smallest absolute Gasteiger partial charge is 0.302 e. The van der Waals surface area contributed by atoms with E-state index in [1.807, 2.05) is 48.5 Å². The predicted octanol–water partition coefficient (Wildman–Crippen LogP) is 4.40. The van der Waals surface area contributed by atoms with Gasteiger partial charge in [0.1, 0.15) is 11.6 Å². The van der Waals surface area contributed by atoms with Gasteiger partial charge in [-0.2, -0.15) is 4.98 Å². The minimum absolute atomic E-state index is 0.127. The van der Waals surface area contributed by atoms with Crippen LogP contribution in [0.25, 0.3) is 10.9 Å². The van der Waals surface area contributed by atoms with Gasteiger partial charge in [-0.3, -0.25) is 14.8 Å². The molecule has 0 saturated heterocycles. The quantitative estimate of drug-likeness (QED) is 0.546. The molecule has 0 aliphatic carbocycles. The van der Waals surface area contributed by atoms with E-state index in [0.29, 0.717) is 22.6 Å². The summed E-state index contributed by atoms with van der Waals surface area (Å²) in [7, 11) is 1.96. The lowest BCUT2D eigenvalue weighted by atomic mass is 10.1. The lowest BCUT2D eigenvalue weighted by Crippen LogP contribution is -2.11. The van der Waals surface area contributed by atoms with Gasteiger partial charge >= 0.3 is 6.01 Å². The Labute approximate surface area is 168 Å². The van der Waals surface area contributed by atoms with E-state index in [0.717, 1.165) is 11.5 Å². The zero-order valence-electron chi connectivity index (χ0n) is 16.5. The van der Waals surface area contributed by atoms with Crippen LogP contribution in [0.2, 0.25) is 0 Å². The molecule has 0 bridgehead atoms. The maximum absolute atomic E-state index is 12.1. The molecule has 0 atom stereocenters. The lowest BCUT2D eigenvalue weighted by molar-refractivity contribution is 0.443. The molecular weight excluding hydrogens is 366 g/mol. The third-order valence-corrected chi connectivity index (χ3v) is 4.71. The van der Waals surface area contributed by atoms with E-state index in [1.54, 1.807) is 12.3 Å². The molecule has 1 aromatic carbocycles. The van der Waals surface area contributed by atoms with Crippen molar-refractivity contribution in [3.8, 4) is 11.8 Å². The number of H-pyrrole nitrogens is 1. The molecule has 4 aromatic rings. The van der Waals surface area contributed by atoms with Gasteiger partial charge in [0.15, 0.2) is 0 Å². The van der Waals surface area contributed by atoms with Crippen LogP contribution in [-0.4, -0.2) is 27.0 Å². The van der Waals surface area contributed by atoms with Crippen LogP contribution in [0, 0.1) is 0 Å². The number of aromatic nitrogens is 4. The number of nitrogens with zero attached hydrogens (tertiary/aromatic N) is 4. The molecule has 1 N–H and O–H groups in total. The van der Waals surface area contributed by atoms with Gasteiger partial charge in [0.2, 0.25) is 0 Å². The first-order valence-corrected chi connectivity index (χ1v) is 9.33. The molecule has 3 heterocycles. The first-order chi connectivity index (χ1) is 14.0.